The smallest absolute Gasteiger partial charge is 0.176 e. The molecule has 4 nitrogen and oxygen atoms in total. The summed E-state index contributed by atoms with van der Waals surface area (Å²) in [6, 6.07) is 7.30. The first kappa shape index (κ1) is 14.0. The van der Waals surface area contributed by atoms with Gasteiger partial charge in [0.05, 0.1) is 25.9 Å². The molecule has 1 aliphatic heterocycles. The Labute approximate surface area is 114 Å². The van der Waals surface area contributed by atoms with Gasteiger partial charge >= 0.3 is 0 Å². The number of hydrogen-bond donors (Lipinski definition) is 0. The Morgan fingerprint density at radius 1 is 1.47 bits per heavy atom. The molecule has 0 radical (unpaired) electrons. The molecule has 1 aliphatic rings. The molecule has 0 bridgehead atoms. The number of ketones is 1. The van der Waals surface area contributed by atoms with E-state index < -0.39 is 0 Å². The fourth-order valence-electron chi connectivity index (χ4n) is 2.34. The zero-order chi connectivity index (χ0) is 13.9. The largest absolute Gasteiger partial charge is 0.497 e. The minimum atomic E-state index is -0.174. The van der Waals surface area contributed by atoms with Gasteiger partial charge in [-0.05, 0) is 26.0 Å². The number of Topliss-reactive ketones (excluding diaryl/α,β-unsaturated/α-hetero) is 1. The number of ether oxygens (including phenoxy) is 2. The lowest BCUT2D eigenvalue weighted by atomic mass is 10.1. The van der Waals surface area contributed by atoms with Crippen LogP contribution in [0.3, 0.4) is 0 Å². The van der Waals surface area contributed by atoms with Crippen molar-refractivity contribution in [2.75, 3.05) is 33.4 Å². The normalized spacial score (nSPS) is 19.1. The van der Waals surface area contributed by atoms with Gasteiger partial charge in [0.1, 0.15) is 5.75 Å². The topological polar surface area (TPSA) is 38.8 Å². The first-order valence-corrected chi connectivity index (χ1v) is 6.54. The van der Waals surface area contributed by atoms with Gasteiger partial charge in [-0.1, -0.05) is 12.1 Å². The second-order valence-corrected chi connectivity index (χ2v) is 5.47. The molecule has 1 heterocycles. The minimum absolute atomic E-state index is 0.122. The third kappa shape index (κ3) is 3.78. The van der Waals surface area contributed by atoms with Crippen LogP contribution in [0.4, 0.5) is 0 Å². The van der Waals surface area contributed by atoms with Gasteiger partial charge in [0.15, 0.2) is 5.78 Å². The van der Waals surface area contributed by atoms with E-state index in [4.69, 9.17) is 9.47 Å². The molecule has 0 N–H and O–H groups in total. The summed E-state index contributed by atoms with van der Waals surface area (Å²) in [4.78, 5) is 14.4. The van der Waals surface area contributed by atoms with E-state index in [1.54, 1.807) is 13.2 Å². The van der Waals surface area contributed by atoms with Crippen molar-refractivity contribution < 1.29 is 14.3 Å². The summed E-state index contributed by atoms with van der Waals surface area (Å²) in [6.45, 7) is 6.80. The predicted molar refractivity (Wildman–Crippen MR) is 73.8 cm³/mol. The van der Waals surface area contributed by atoms with E-state index in [1.807, 2.05) is 18.2 Å². The molecule has 0 aliphatic carbocycles. The van der Waals surface area contributed by atoms with Crippen LogP contribution in [0.25, 0.3) is 0 Å². The molecule has 0 atom stereocenters. The van der Waals surface area contributed by atoms with E-state index in [-0.39, 0.29) is 11.4 Å². The van der Waals surface area contributed by atoms with Gasteiger partial charge in [-0.25, -0.2) is 0 Å². The van der Waals surface area contributed by atoms with E-state index in [0.717, 1.165) is 13.1 Å². The average molecular weight is 263 g/mol. The molecule has 0 spiro atoms. The molecule has 0 amide bonds. The molecule has 0 aromatic heterocycles. The fraction of sp³-hybridized carbons (Fsp3) is 0.533. The molecule has 0 unspecified atom stereocenters. The SMILES string of the molecule is COc1cccc(C(=O)CN2CCOC(C)(C)C2)c1. The molecule has 1 fully saturated rings. The van der Waals surface area contributed by atoms with Gasteiger partial charge in [0.2, 0.25) is 0 Å². The minimum Gasteiger partial charge on any atom is -0.497 e. The number of methoxy groups -OCH3 is 1. The molecule has 1 aromatic carbocycles. The highest BCUT2D eigenvalue weighted by Crippen LogP contribution is 2.18. The van der Waals surface area contributed by atoms with Gasteiger partial charge in [-0.2, -0.15) is 0 Å². The highest BCUT2D eigenvalue weighted by Gasteiger charge is 2.28. The van der Waals surface area contributed by atoms with Gasteiger partial charge in [-0.15, -0.1) is 0 Å². The van der Waals surface area contributed by atoms with Crippen LogP contribution < -0.4 is 4.74 Å². The fourth-order valence-corrected chi connectivity index (χ4v) is 2.34. The Morgan fingerprint density at radius 3 is 2.95 bits per heavy atom. The molecule has 2 rings (SSSR count). The molecule has 19 heavy (non-hydrogen) atoms. The zero-order valence-corrected chi connectivity index (χ0v) is 11.8. The summed E-state index contributed by atoms with van der Waals surface area (Å²) in [5, 5.41) is 0. The van der Waals surface area contributed by atoms with E-state index in [9.17, 15) is 4.79 Å². The quantitative estimate of drug-likeness (QED) is 0.779. The molecule has 104 valence electrons. The summed E-state index contributed by atoms with van der Waals surface area (Å²) in [5.74, 6) is 0.838. The summed E-state index contributed by atoms with van der Waals surface area (Å²) in [7, 11) is 1.61. The molecular formula is C15H21NO3. The maximum Gasteiger partial charge on any atom is 0.176 e. The lowest BCUT2D eigenvalue weighted by Crippen LogP contribution is -2.49. The highest BCUT2D eigenvalue weighted by molar-refractivity contribution is 5.97. The third-order valence-electron chi connectivity index (χ3n) is 3.26. The number of nitrogens with zero attached hydrogens (tertiary/aromatic N) is 1. The summed E-state index contributed by atoms with van der Waals surface area (Å²) in [6.07, 6.45) is 0. The van der Waals surface area contributed by atoms with Crippen molar-refractivity contribution in [1.29, 1.82) is 0 Å². The predicted octanol–water partition coefficient (Wildman–Crippen LogP) is 1.99. The molecule has 1 saturated heterocycles. The van der Waals surface area contributed by atoms with Crippen molar-refractivity contribution in [3.63, 3.8) is 0 Å². The summed E-state index contributed by atoms with van der Waals surface area (Å²) < 4.78 is 10.8. The number of rotatable bonds is 4. The van der Waals surface area contributed by atoms with Crippen LogP contribution in [-0.2, 0) is 4.74 Å². The highest BCUT2D eigenvalue weighted by atomic mass is 16.5. The Bertz CT molecular complexity index is 456. The van der Waals surface area contributed by atoms with Crippen molar-refractivity contribution in [1.82, 2.24) is 4.90 Å². The molecule has 1 aromatic rings. The lowest BCUT2D eigenvalue weighted by molar-refractivity contribution is -0.0833. The number of morpholine rings is 1. The third-order valence-corrected chi connectivity index (χ3v) is 3.26. The maximum absolute atomic E-state index is 12.3. The number of carbonyl (C=O) groups is 1. The molecule has 4 heteroatoms. The van der Waals surface area contributed by atoms with Crippen LogP contribution >= 0.6 is 0 Å². The van der Waals surface area contributed by atoms with E-state index in [1.165, 1.54) is 0 Å². The monoisotopic (exact) mass is 263 g/mol. The van der Waals surface area contributed by atoms with Crippen LogP contribution in [-0.4, -0.2) is 49.6 Å². The lowest BCUT2D eigenvalue weighted by Gasteiger charge is -2.37. The zero-order valence-electron chi connectivity index (χ0n) is 11.8. The van der Waals surface area contributed by atoms with Crippen LogP contribution in [0.1, 0.15) is 24.2 Å². The van der Waals surface area contributed by atoms with E-state index in [0.29, 0.717) is 24.5 Å². The van der Waals surface area contributed by atoms with E-state index in [2.05, 4.69) is 18.7 Å². The van der Waals surface area contributed by atoms with Gasteiger partial charge in [-0.3, -0.25) is 9.69 Å². The second kappa shape index (κ2) is 5.72. The van der Waals surface area contributed by atoms with Gasteiger partial charge in [0.25, 0.3) is 0 Å². The Morgan fingerprint density at radius 2 is 2.26 bits per heavy atom. The van der Waals surface area contributed by atoms with Crippen molar-refractivity contribution in [3.8, 4) is 5.75 Å². The Kier molecular flexibility index (Phi) is 4.22. The van der Waals surface area contributed by atoms with Crippen LogP contribution in [0.5, 0.6) is 5.75 Å². The molecular weight excluding hydrogens is 242 g/mol. The molecule has 0 saturated carbocycles. The standard InChI is InChI=1S/C15H21NO3/c1-15(2)11-16(7-8-19-15)10-14(17)12-5-4-6-13(9-12)18-3/h4-6,9H,7-8,10-11H2,1-3H3. The summed E-state index contributed by atoms with van der Waals surface area (Å²) >= 11 is 0. The summed E-state index contributed by atoms with van der Waals surface area (Å²) in [5.41, 5.74) is 0.524. The van der Waals surface area contributed by atoms with Gasteiger partial charge < -0.3 is 9.47 Å². The van der Waals surface area contributed by atoms with Crippen molar-refractivity contribution >= 4 is 5.78 Å². The number of hydrogen-bond acceptors (Lipinski definition) is 4. The van der Waals surface area contributed by atoms with Crippen LogP contribution in [0.15, 0.2) is 24.3 Å². The van der Waals surface area contributed by atoms with Crippen LogP contribution in [0, 0.1) is 0 Å². The second-order valence-electron chi connectivity index (χ2n) is 5.47. The number of carbonyl (C=O) groups excluding carboxylic acids is 1. The average Bonchev–Trinajstić information content (AvgIpc) is 2.37. The van der Waals surface area contributed by atoms with Crippen molar-refractivity contribution in [2.24, 2.45) is 0 Å². The van der Waals surface area contributed by atoms with Crippen molar-refractivity contribution in [2.45, 2.75) is 19.4 Å². The Hall–Kier alpha value is -1.39. The van der Waals surface area contributed by atoms with Crippen molar-refractivity contribution in [3.05, 3.63) is 29.8 Å². The Balaban J connectivity index is 2.00. The maximum atomic E-state index is 12.3. The van der Waals surface area contributed by atoms with Crippen LogP contribution in [0.2, 0.25) is 0 Å². The number of benzene rings is 1. The van der Waals surface area contributed by atoms with Gasteiger partial charge in [0, 0.05) is 18.7 Å². The first-order chi connectivity index (χ1) is 9.00. The first-order valence-electron chi connectivity index (χ1n) is 6.54. The van der Waals surface area contributed by atoms with E-state index >= 15 is 0 Å².